The molecule has 4 N–H and O–H groups in total. The summed E-state index contributed by atoms with van der Waals surface area (Å²) < 4.78 is 5.83. The topological polar surface area (TPSA) is 128 Å². The predicted octanol–water partition coefficient (Wildman–Crippen LogP) is 3.85. The van der Waals surface area contributed by atoms with Gasteiger partial charge in [-0.15, -0.1) is 0 Å². The number of amides is 3. The van der Waals surface area contributed by atoms with Gasteiger partial charge in [0, 0.05) is 23.6 Å². The fourth-order valence-electron chi connectivity index (χ4n) is 3.56. The van der Waals surface area contributed by atoms with Crippen molar-refractivity contribution in [2.45, 2.75) is 39.3 Å². The molecular weight excluding hydrogens is 482 g/mol. The quantitative estimate of drug-likeness (QED) is 0.299. The Bertz CT molecular complexity index is 1240. The molecule has 1 radical (unpaired) electrons. The van der Waals surface area contributed by atoms with Crippen LogP contribution >= 0.6 is 0 Å². The maximum absolute atomic E-state index is 13.1. The van der Waals surface area contributed by atoms with Crippen molar-refractivity contribution in [1.82, 2.24) is 5.32 Å². The van der Waals surface area contributed by atoms with E-state index in [1.54, 1.807) is 31.2 Å². The number of hydrogen-bond donors (Lipinski definition) is 3. The van der Waals surface area contributed by atoms with E-state index in [0.717, 1.165) is 11.1 Å². The van der Waals surface area contributed by atoms with Crippen LogP contribution in [0.25, 0.3) is 0 Å². The zero-order valence-electron chi connectivity index (χ0n) is 21.5. The molecule has 2 unspecified atom stereocenters. The molecule has 0 spiro atoms. The summed E-state index contributed by atoms with van der Waals surface area (Å²) >= 11 is 0. The molecule has 197 valence electrons. The fourth-order valence-corrected chi connectivity index (χ4v) is 3.56. The first-order chi connectivity index (χ1) is 18.2. The normalized spacial score (nSPS) is 12.2. The third-order valence-corrected chi connectivity index (χ3v) is 5.95. The molecule has 0 saturated carbocycles. The van der Waals surface area contributed by atoms with Crippen LogP contribution in [0.4, 0.5) is 5.69 Å². The van der Waals surface area contributed by atoms with Crippen molar-refractivity contribution in [3.8, 4) is 5.75 Å². The van der Waals surface area contributed by atoms with Crippen molar-refractivity contribution in [2.24, 2.45) is 11.7 Å². The number of anilines is 1. The molecule has 0 aromatic heterocycles. The molecule has 0 saturated heterocycles. The standard InChI is InChI=1S/C30H32N3O5/c1-20(29(31)36)8-17-28(35)33-27(30(37)32-25-13-11-24(12-14-25)21(2)34)18-22-9-15-26(16-10-22)38-19-23-6-4-3-5-7-23/h3-7,9-17,20,27H,8,18-19H2,1-2H3,(H2,31,36)(H,32,37)(H,33,35). The van der Waals surface area contributed by atoms with Crippen LogP contribution in [0.15, 0.2) is 78.9 Å². The zero-order chi connectivity index (χ0) is 27.5. The average Bonchev–Trinajstić information content (AvgIpc) is 2.91. The van der Waals surface area contributed by atoms with Crippen molar-refractivity contribution >= 4 is 29.2 Å². The van der Waals surface area contributed by atoms with E-state index in [1.165, 1.54) is 13.3 Å². The summed E-state index contributed by atoms with van der Waals surface area (Å²) in [6.07, 6.45) is 1.70. The molecule has 8 nitrogen and oxygen atoms in total. The molecule has 0 heterocycles. The van der Waals surface area contributed by atoms with Crippen LogP contribution in [0.1, 0.15) is 41.8 Å². The second kappa shape index (κ2) is 13.7. The van der Waals surface area contributed by atoms with Crippen molar-refractivity contribution in [3.05, 3.63) is 102 Å². The summed E-state index contributed by atoms with van der Waals surface area (Å²) in [6, 6.07) is 22.7. The number of nitrogens with two attached hydrogens (primary N) is 1. The summed E-state index contributed by atoms with van der Waals surface area (Å²) in [7, 11) is 0. The first-order valence-corrected chi connectivity index (χ1v) is 12.3. The Kier molecular flexibility index (Phi) is 10.2. The number of ketones is 1. The largest absolute Gasteiger partial charge is 0.489 e. The van der Waals surface area contributed by atoms with E-state index >= 15 is 0 Å². The van der Waals surface area contributed by atoms with Gasteiger partial charge in [0.1, 0.15) is 18.4 Å². The van der Waals surface area contributed by atoms with Gasteiger partial charge in [-0.25, -0.2) is 0 Å². The van der Waals surface area contributed by atoms with Crippen LogP contribution in [0.5, 0.6) is 5.75 Å². The summed E-state index contributed by atoms with van der Waals surface area (Å²) in [6.45, 7) is 3.53. The second-order valence-corrected chi connectivity index (χ2v) is 9.05. The molecule has 3 aromatic carbocycles. The average molecular weight is 515 g/mol. The Labute approximate surface area is 222 Å². The monoisotopic (exact) mass is 514 g/mol. The van der Waals surface area contributed by atoms with Gasteiger partial charge in [0.2, 0.25) is 17.7 Å². The number of rotatable bonds is 13. The van der Waals surface area contributed by atoms with E-state index in [1.807, 2.05) is 54.6 Å². The van der Waals surface area contributed by atoms with E-state index in [0.29, 0.717) is 23.6 Å². The summed E-state index contributed by atoms with van der Waals surface area (Å²) in [4.78, 5) is 48.5. The number of primary amides is 1. The molecule has 3 aromatic rings. The Balaban J connectivity index is 1.67. The Hall–Kier alpha value is -4.46. The van der Waals surface area contributed by atoms with Crippen LogP contribution < -0.4 is 21.1 Å². The van der Waals surface area contributed by atoms with Gasteiger partial charge in [-0.3, -0.25) is 19.2 Å². The van der Waals surface area contributed by atoms with Gasteiger partial charge in [0.05, 0.1) is 6.42 Å². The van der Waals surface area contributed by atoms with Gasteiger partial charge < -0.3 is 21.1 Å². The third kappa shape index (κ3) is 8.89. The third-order valence-electron chi connectivity index (χ3n) is 5.95. The number of hydrogen-bond acceptors (Lipinski definition) is 5. The van der Waals surface area contributed by atoms with Gasteiger partial charge >= 0.3 is 0 Å². The van der Waals surface area contributed by atoms with Gasteiger partial charge in [-0.1, -0.05) is 49.4 Å². The van der Waals surface area contributed by atoms with Crippen molar-refractivity contribution in [3.63, 3.8) is 0 Å². The van der Waals surface area contributed by atoms with Crippen LogP contribution in [0.2, 0.25) is 0 Å². The summed E-state index contributed by atoms with van der Waals surface area (Å²) in [5, 5.41) is 5.52. The lowest BCUT2D eigenvalue weighted by atomic mass is 10.0. The van der Waals surface area contributed by atoms with E-state index in [2.05, 4.69) is 10.6 Å². The van der Waals surface area contributed by atoms with E-state index in [-0.39, 0.29) is 18.6 Å². The van der Waals surface area contributed by atoms with E-state index in [9.17, 15) is 19.2 Å². The summed E-state index contributed by atoms with van der Waals surface area (Å²) in [5.74, 6) is -1.31. The highest BCUT2D eigenvalue weighted by molar-refractivity contribution is 5.99. The molecular formula is C30H32N3O5. The minimum absolute atomic E-state index is 0.0788. The molecule has 0 aliphatic heterocycles. The van der Waals surface area contributed by atoms with Crippen molar-refractivity contribution in [2.75, 3.05) is 5.32 Å². The molecule has 0 aliphatic rings. The van der Waals surface area contributed by atoms with Crippen LogP contribution in [-0.2, 0) is 27.4 Å². The van der Waals surface area contributed by atoms with Crippen LogP contribution in [0.3, 0.4) is 0 Å². The zero-order valence-corrected chi connectivity index (χ0v) is 21.5. The number of carbonyl (C=O) groups excluding carboxylic acids is 4. The maximum Gasteiger partial charge on any atom is 0.247 e. The summed E-state index contributed by atoms with van der Waals surface area (Å²) in [5.41, 5.74) is 8.16. The first kappa shape index (κ1) is 28.1. The van der Waals surface area contributed by atoms with Gasteiger partial charge in [-0.2, -0.15) is 0 Å². The second-order valence-electron chi connectivity index (χ2n) is 9.05. The van der Waals surface area contributed by atoms with E-state index < -0.39 is 29.7 Å². The lowest BCUT2D eigenvalue weighted by molar-refractivity contribution is -0.125. The highest BCUT2D eigenvalue weighted by Crippen LogP contribution is 2.17. The van der Waals surface area contributed by atoms with Gasteiger partial charge in [-0.05, 0) is 60.9 Å². The Morgan fingerprint density at radius 3 is 2.16 bits per heavy atom. The number of nitrogens with one attached hydrogen (secondary N) is 2. The number of benzene rings is 3. The van der Waals surface area contributed by atoms with Crippen LogP contribution in [-0.4, -0.2) is 29.5 Å². The van der Waals surface area contributed by atoms with E-state index in [4.69, 9.17) is 10.5 Å². The van der Waals surface area contributed by atoms with Crippen molar-refractivity contribution in [1.29, 1.82) is 0 Å². The number of ether oxygens (including phenoxy) is 1. The molecule has 3 rings (SSSR count). The van der Waals surface area contributed by atoms with Crippen LogP contribution in [0, 0.1) is 12.3 Å². The molecule has 38 heavy (non-hydrogen) atoms. The molecule has 3 amide bonds. The first-order valence-electron chi connectivity index (χ1n) is 12.3. The maximum atomic E-state index is 13.1. The molecule has 0 fully saturated rings. The smallest absolute Gasteiger partial charge is 0.247 e. The lowest BCUT2D eigenvalue weighted by Crippen LogP contribution is -2.45. The van der Waals surface area contributed by atoms with Crippen molar-refractivity contribution < 1.29 is 23.9 Å². The van der Waals surface area contributed by atoms with Gasteiger partial charge in [0.15, 0.2) is 5.78 Å². The Morgan fingerprint density at radius 2 is 1.55 bits per heavy atom. The minimum atomic E-state index is -0.897. The molecule has 0 aliphatic carbocycles. The molecule has 8 heteroatoms. The number of carbonyl (C=O) groups is 4. The minimum Gasteiger partial charge on any atom is -0.489 e. The highest BCUT2D eigenvalue weighted by atomic mass is 16.5. The predicted molar refractivity (Wildman–Crippen MR) is 145 cm³/mol. The lowest BCUT2D eigenvalue weighted by Gasteiger charge is -2.19. The number of Topliss-reactive ketones (excluding diaryl/α,β-unsaturated/α-hetero) is 1. The highest BCUT2D eigenvalue weighted by Gasteiger charge is 2.22. The Morgan fingerprint density at radius 1 is 0.895 bits per heavy atom. The SMILES string of the molecule is CC(=O)c1ccc(NC(=O)C(Cc2ccc(OCc3ccccc3)cc2)NC(=O)[CH]CC(C)C(N)=O)cc1. The molecule has 2 atom stereocenters. The molecule has 0 bridgehead atoms. The fraction of sp³-hybridized carbons (Fsp3) is 0.233. The van der Waals surface area contributed by atoms with Gasteiger partial charge in [0.25, 0.3) is 0 Å².